The van der Waals surface area contributed by atoms with Gasteiger partial charge in [-0.2, -0.15) is 0 Å². The largest absolute Gasteiger partial charge is 0.316 e. The Morgan fingerprint density at radius 3 is 2.53 bits per heavy atom. The van der Waals surface area contributed by atoms with Crippen molar-refractivity contribution in [2.75, 3.05) is 13.1 Å². The lowest BCUT2D eigenvalue weighted by molar-refractivity contribution is 0.219. The molecule has 0 spiro atoms. The average molecular weight is 224 g/mol. The Labute approximate surface area is 96.8 Å². The van der Waals surface area contributed by atoms with Crippen LogP contribution >= 0.6 is 11.6 Å². The van der Waals surface area contributed by atoms with Crippen LogP contribution in [0.5, 0.6) is 0 Å². The smallest absolute Gasteiger partial charge is 0.0406 e. The van der Waals surface area contributed by atoms with Crippen LogP contribution in [-0.2, 0) is 0 Å². The zero-order valence-corrected chi connectivity index (χ0v) is 10.1. The van der Waals surface area contributed by atoms with E-state index in [0.717, 1.165) is 18.1 Å². The summed E-state index contributed by atoms with van der Waals surface area (Å²) >= 11 is 5.91. The molecule has 0 aromatic heterocycles. The van der Waals surface area contributed by atoms with Crippen LogP contribution in [0.4, 0.5) is 0 Å². The van der Waals surface area contributed by atoms with Crippen LogP contribution in [0.25, 0.3) is 0 Å². The Balaban J connectivity index is 2.25. The second-order valence-corrected chi connectivity index (χ2v) is 5.49. The molecule has 0 unspecified atom stereocenters. The predicted molar refractivity (Wildman–Crippen MR) is 65.5 cm³/mol. The summed E-state index contributed by atoms with van der Waals surface area (Å²) in [6.45, 7) is 6.88. The van der Waals surface area contributed by atoms with Crippen molar-refractivity contribution in [3.63, 3.8) is 0 Å². The van der Waals surface area contributed by atoms with E-state index in [1.165, 1.54) is 12.0 Å². The molecule has 2 rings (SSSR count). The summed E-state index contributed by atoms with van der Waals surface area (Å²) in [7, 11) is 0. The van der Waals surface area contributed by atoms with Crippen LogP contribution < -0.4 is 5.32 Å². The Kier molecular flexibility index (Phi) is 3.03. The highest BCUT2D eigenvalue weighted by Gasteiger charge is 2.32. The Hall–Kier alpha value is -0.530. The van der Waals surface area contributed by atoms with Gasteiger partial charge in [-0.3, -0.25) is 0 Å². The molecular weight excluding hydrogens is 206 g/mol. The normalized spacial score (nSPS) is 25.1. The molecule has 15 heavy (non-hydrogen) atoms. The third-order valence-electron chi connectivity index (χ3n) is 3.41. The van der Waals surface area contributed by atoms with Crippen molar-refractivity contribution < 1.29 is 0 Å². The van der Waals surface area contributed by atoms with Gasteiger partial charge in [0.2, 0.25) is 0 Å². The maximum atomic E-state index is 5.91. The highest BCUT2D eigenvalue weighted by Crippen LogP contribution is 2.39. The second-order valence-electron chi connectivity index (χ2n) is 5.06. The molecular formula is C13H18ClN. The van der Waals surface area contributed by atoms with Crippen LogP contribution in [-0.4, -0.2) is 13.1 Å². The second kappa shape index (κ2) is 4.15. The monoisotopic (exact) mass is 223 g/mol. The molecule has 0 saturated carbocycles. The quantitative estimate of drug-likeness (QED) is 0.769. The van der Waals surface area contributed by atoms with Crippen LogP contribution in [0.1, 0.15) is 31.7 Å². The number of hydrogen-bond donors (Lipinski definition) is 1. The number of piperidine rings is 1. The van der Waals surface area contributed by atoms with Gasteiger partial charge in [-0.15, -0.1) is 0 Å². The van der Waals surface area contributed by atoms with Gasteiger partial charge in [0, 0.05) is 11.6 Å². The highest BCUT2D eigenvalue weighted by atomic mass is 35.5. The van der Waals surface area contributed by atoms with Crippen molar-refractivity contribution in [2.45, 2.75) is 26.2 Å². The molecule has 1 nitrogen and oxygen atoms in total. The average Bonchev–Trinajstić information content (AvgIpc) is 2.19. The topological polar surface area (TPSA) is 12.0 Å². The van der Waals surface area contributed by atoms with Crippen molar-refractivity contribution >= 4 is 11.6 Å². The van der Waals surface area contributed by atoms with Gasteiger partial charge in [0.05, 0.1) is 0 Å². The van der Waals surface area contributed by atoms with Crippen LogP contribution in [0.2, 0.25) is 5.02 Å². The first-order valence-corrected chi connectivity index (χ1v) is 5.93. The molecule has 1 aromatic carbocycles. The maximum Gasteiger partial charge on any atom is 0.0406 e. The van der Waals surface area contributed by atoms with Gasteiger partial charge < -0.3 is 5.32 Å². The lowest BCUT2D eigenvalue weighted by atomic mass is 9.71. The van der Waals surface area contributed by atoms with Gasteiger partial charge in [-0.25, -0.2) is 0 Å². The molecule has 0 radical (unpaired) electrons. The third kappa shape index (κ3) is 2.35. The molecule has 1 atom stereocenters. The lowest BCUT2D eigenvalue weighted by Crippen LogP contribution is -2.41. The van der Waals surface area contributed by atoms with Gasteiger partial charge in [0.25, 0.3) is 0 Å². The fourth-order valence-electron chi connectivity index (χ4n) is 2.48. The van der Waals surface area contributed by atoms with E-state index in [2.05, 4.69) is 31.3 Å². The van der Waals surface area contributed by atoms with Crippen molar-refractivity contribution in [1.29, 1.82) is 0 Å². The molecule has 1 aliphatic rings. The summed E-state index contributed by atoms with van der Waals surface area (Å²) in [6, 6.07) is 8.32. The number of benzene rings is 1. The first-order chi connectivity index (χ1) is 7.09. The van der Waals surface area contributed by atoms with E-state index >= 15 is 0 Å². The zero-order valence-electron chi connectivity index (χ0n) is 9.39. The summed E-state index contributed by atoms with van der Waals surface area (Å²) < 4.78 is 0. The van der Waals surface area contributed by atoms with E-state index < -0.39 is 0 Å². The first-order valence-electron chi connectivity index (χ1n) is 5.56. The van der Waals surface area contributed by atoms with Gasteiger partial charge in [-0.05, 0) is 42.0 Å². The Bertz CT molecular complexity index is 329. The molecule has 0 bridgehead atoms. The van der Waals surface area contributed by atoms with Crippen molar-refractivity contribution in [3.8, 4) is 0 Å². The SMILES string of the molecule is CC1(C)CNCC[C@@H]1c1ccc(Cl)cc1. The van der Waals surface area contributed by atoms with E-state index in [9.17, 15) is 0 Å². The minimum atomic E-state index is 0.339. The van der Waals surface area contributed by atoms with Crippen LogP contribution in [0.3, 0.4) is 0 Å². The molecule has 1 aromatic rings. The van der Waals surface area contributed by atoms with E-state index in [4.69, 9.17) is 11.6 Å². The van der Waals surface area contributed by atoms with Gasteiger partial charge in [-0.1, -0.05) is 37.6 Å². The van der Waals surface area contributed by atoms with Crippen molar-refractivity contribution in [2.24, 2.45) is 5.41 Å². The van der Waals surface area contributed by atoms with Crippen molar-refractivity contribution in [3.05, 3.63) is 34.9 Å². The van der Waals surface area contributed by atoms with Crippen LogP contribution in [0, 0.1) is 5.41 Å². The number of nitrogens with one attached hydrogen (secondary N) is 1. The van der Waals surface area contributed by atoms with Crippen LogP contribution in [0.15, 0.2) is 24.3 Å². The Morgan fingerprint density at radius 1 is 1.27 bits per heavy atom. The number of hydrogen-bond acceptors (Lipinski definition) is 1. The molecule has 82 valence electrons. The molecule has 1 aliphatic heterocycles. The highest BCUT2D eigenvalue weighted by molar-refractivity contribution is 6.30. The molecule has 1 N–H and O–H groups in total. The maximum absolute atomic E-state index is 5.91. The minimum Gasteiger partial charge on any atom is -0.316 e. The predicted octanol–water partition coefficient (Wildman–Crippen LogP) is 3.44. The summed E-state index contributed by atoms with van der Waals surface area (Å²) in [5.41, 5.74) is 1.76. The van der Waals surface area contributed by atoms with Gasteiger partial charge >= 0.3 is 0 Å². The summed E-state index contributed by atoms with van der Waals surface area (Å²) in [5, 5.41) is 4.28. The summed E-state index contributed by atoms with van der Waals surface area (Å²) in [6.07, 6.45) is 1.22. The van der Waals surface area contributed by atoms with E-state index in [-0.39, 0.29) is 0 Å². The fraction of sp³-hybridized carbons (Fsp3) is 0.538. The standard InChI is InChI=1S/C13H18ClN/c1-13(2)9-15-8-7-12(13)10-3-5-11(14)6-4-10/h3-6,12,15H,7-9H2,1-2H3/t12-/m1/s1. The van der Waals surface area contributed by atoms with Gasteiger partial charge in [0.1, 0.15) is 0 Å². The molecule has 1 fully saturated rings. The molecule has 1 saturated heterocycles. The first kappa shape index (κ1) is 11.0. The zero-order chi connectivity index (χ0) is 10.9. The lowest BCUT2D eigenvalue weighted by Gasteiger charge is -2.39. The Morgan fingerprint density at radius 2 is 1.93 bits per heavy atom. The fourth-order valence-corrected chi connectivity index (χ4v) is 2.61. The third-order valence-corrected chi connectivity index (χ3v) is 3.66. The molecule has 1 heterocycles. The molecule has 0 amide bonds. The van der Waals surface area contributed by atoms with E-state index in [0.29, 0.717) is 11.3 Å². The van der Waals surface area contributed by atoms with Crippen molar-refractivity contribution in [1.82, 2.24) is 5.32 Å². The minimum absolute atomic E-state index is 0.339. The number of halogens is 1. The van der Waals surface area contributed by atoms with E-state index in [1.807, 2.05) is 12.1 Å². The molecule has 0 aliphatic carbocycles. The summed E-state index contributed by atoms with van der Waals surface area (Å²) in [5.74, 6) is 0.649. The van der Waals surface area contributed by atoms with E-state index in [1.54, 1.807) is 0 Å². The van der Waals surface area contributed by atoms with Gasteiger partial charge in [0.15, 0.2) is 0 Å². The number of rotatable bonds is 1. The summed E-state index contributed by atoms with van der Waals surface area (Å²) in [4.78, 5) is 0. The molecule has 2 heteroatoms.